The highest BCUT2D eigenvalue weighted by atomic mass is 16.1. The van der Waals surface area contributed by atoms with E-state index in [0.29, 0.717) is 11.5 Å². The number of benzene rings is 1. The number of carbonyl (C=O) groups is 1. The molecule has 2 aliphatic rings. The fraction of sp³-hybridized carbons (Fsp3) is 0.583. The van der Waals surface area contributed by atoms with E-state index in [1.165, 1.54) is 31.2 Å². The molecule has 2 aromatic rings. The predicted octanol–water partition coefficient (Wildman–Crippen LogP) is 3.90. The van der Waals surface area contributed by atoms with Gasteiger partial charge in [0.05, 0.1) is 11.3 Å². The lowest BCUT2D eigenvalue weighted by atomic mass is 9.84. The summed E-state index contributed by atoms with van der Waals surface area (Å²) in [5.74, 6) is 1.48. The lowest BCUT2D eigenvalue weighted by Crippen LogP contribution is -2.46. The molecule has 1 aliphatic heterocycles. The second-order valence-corrected chi connectivity index (χ2v) is 8.91. The number of hydrogen-bond acceptors (Lipinski definition) is 3. The fourth-order valence-corrected chi connectivity index (χ4v) is 5.21. The van der Waals surface area contributed by atoms with Crippen molar-refractivity contribution in [3.63, 3.8) is 0 Å². The first-order valence-electron chi connectivity index (χ1n) is 11.2. The van der Waals surface area contributed by atoms with Gasteiger partial charge in [0.25, 0.3) is 5.91 Å². The van der Waals surface area contributed by atoms with Gasteiger partial charge in [0.2, 0.25) is 0 Å². The third-order valence-electron chi connectivity index (χ3n) is 6.83. The molecule has 1 unspecified atom stereocenters. The maximum Gasteiger partial charge on any atom is 0.254 e. The van der Waals surface area contributed by atoms with Crippen LogP contribution in [-0.2, 0) is 7.05 Å². The number of carbonyl (C=O) groups excluding carboxylic acids is 1. The molecule has 156 valence electrons. The summed E-state index contributed by atoms with van der Waals surface area (Å²) in [5, 5.41) is 7.52. The average molecular weight is 395 g/mol. The van der Waals surface area contributed by atoms with Crippen molar-refractivity contribution >= 4 is 5.91 Å². The van der Waals surface area contributed by atoms with Crippen LogP contribution < -0.4 is 5.32 Å². The molecule has 2 fully saturated rings. The molecule has 29 heavy (non-hydrogen) atoms. The van der Waals surface area contributed by atoms with Crippen LogP contribution in [0.15, 0.2) is 36.5 Å². The normalized spacial score (nSPS) is 20.1. The van der Waals surface area contributed by atoms with E-state index in [2.05, 4.69) is 45.6 Å². The zero-order chi connectivity index (χ0) is 20.2. The minimum Gasteiger partial charge on any atom is -0.349 e. The molecule has 0 radical (unpaired) electrons. The summed E-state index contributed by atoms with van der Waals surface area (Å²) >= 11 is 0. The maximum absolute atomic E-state index is 12.6. The quantitative estimate of drug-likeness (QED) is 0.808. The Kier molecular flexibility index (Phi) is 6.34. The Morgan fingerprint density at radius 3 is 2.45 bits per heavy atom. The Balaban J connectivity index is 1.32. The molecule has 1 saturated carbocycles. The lowest BCUT2D eigenvalue weighted by molar-refractivity contribution is 0.0906. The largest absolute Gasteiger partial charge is 0.349 e. The van der Waals surface area contributed by atoms with Gasteiger partial charge in [-0.2, -0.15) is 5.10 Å². The number of aryl methyl sites for hydroxylation is 2. The van der Waals surface area contributed by atoms with Gasteiger partial charge in [-0.3, -0.25) is 9.48 Å². The van der Waals surface area contributed by atoms with Crippen molar-refractivity contribution in [3.05, 3.63) is 53.3 Å². The Morgan fingerprint density at radius 1 is 1.14 bits per heavy atom. The molecule has 0 bridgehead atoms. The molecule has 1 aliphatic carbocycles. The number of likely N-dealkylation sites (tertiary alicyclic amines) is 1. The summed E-state index contributed by atoms with van der Waals surface area (Å²) in [4.78, 5) is 15.2. The predicted molar refractivity (Wildman–Crippen MR) is 116 cm³/mol. The molecule has 2 heterocycles. The minimum absolute atomic E-state index is 0.0159. The fourth-order valence-electron chi connectivity index (χ4n) is 5.21. The van der Waals surface area contributed by atoms with Crippen LogP contribution >= 0.6 is 0 Å². The van der Waals surface area contributed by atoms with Crippen LogP contribution in [0.1, 0.15) is 66.1 Å². The number of rotatable bonds is 6. The van der Waals surface area contributed by atoms with E-state index in [4.69, 9.17) is 0 Å². The Labute approximate surface area is 174 Å². The van der Waals surface area contributed by atoms with Gasteiger partial charge in [0, 0.05) is 38.9 Å². The number of nitrogens with one attached hydrogen (secondary N) is 1. The standard InChI is InChI=1S/C24H34N4O/c1-18-22(16-27(2)26-18)24(29)25-21-12-14-28(15-13-21)17-23(20-10-6-7-11-20)19-8-4-3-5-9-19/h3-5,8-9,16,20-21,23H,6-7,10-15,17H2,1-2H3,(H,25,29). The third-order valence-corrected chi connectivity index (χ3v) is 6.83. The highest BCUT2D eigenvalue weighted by molar-refractivity contribution is 5.95. The molecular formula is C24H34N4O. The van der Waals surface area contributed by atoms with Crippen LogP contribution in [0.4, 0.5) is 0 Å². The van der Waals surface area contributed by atoms with E-state index in [1.54, 1.807) is 4.68 Å². The van der Waals surface area contributed by atoms with Gasteiger partial charge in [0.1, 0.15) is 0 Å². The Bertz CT molecular complexity index is 802. The van der Waals surface area contributed by atoms with Crippen molar-refractivity contribution in [1.82, 2.24) is 20.0 Å². The van der Waals surface area contributed by atoms with E-state index in [0.717, 1.165) is 44.1 Å². The molecule has 4 rings (SSSR count). The van der Waals surface area contributed by atoms with Crippen molar-refractivity contribution < 1.29 is 4.79 Å². The first-order chi connectivity index (χ1) is 14.1. The molecule has 5 heteroatoms. The lowest BCUT2D eigenvalue weighted by Gasteiger charge is -2.36. The van der Waals surface area contributed by atoms with Crippen molar-refractivity contribution in [3.8, 4) is 0 Å². The first-order valence-corrected chi connectivity index (χ1v) is 11.2. The van der Waals surface area contributed by atoms with Gasteiger partial charge in [-0.15, -0.1) is 0 Å². The van der Waals surface area contributed by atoms with Crippen molar-refractivity contribution in [2.24, 2.45) is 13.0 Å². The van der Waals surface area contributed by atoms with Crippen LogP contribution in [0.25, 0.3) is 0 Å². The average Bonchev–Trinajstić information content (AvgIpc) is 3.37. The van der Waals surface area contributed by atoms with Crippen LogP contribution in [-0.4, -0.2) is 46.3 Å². The number of amides is 1. The van der Waals surface area contributed by atoms with Crippen LogP contribution in [0.2, 0.25) is 0 Å². The molecular weight excluding hydrogens is 360 g/mol. The summed E-state index contributed by atoms with van der Waals surface area (Å²) in [7, 11) is 1.86. The van der Waals surface area contributed by atoms with Crippen LogP contribution in [0, 0.1) is 12.8 Å². The van der Waals surface area contributed by atoms with Gasteiger partial charge in [-0.25, -0.2) is 0 Å². The molecule has 1 atom stereocenters. The molecule has 1 aromatic carbocycles. The summed E-state index contributed by atoms with van der Waals surface area (Å²) < 4.78 is 1.71. The number of hydrogen-bond donors (Lipinski definition) is 1. The Hall–Kier alpha value is -2.14. The van der Waals surface area contributed by atoms with E-state index in [9.17, 15) is 4.79 Å². The molecule has 1 N–H and O–H groups in total. The maximum atomic E-state index is 12.6. The zero-order valence-corrected chi connectivity index (χ0v) is 17.8. The topological polar surface area (TPSA) is 50.2 Å². The van der Waals surface area contributed by atoms with Gasteiger partial charge >= 0.3 is 0 Å². The second kappa shape index (κ2) is 9.12. The molecule has 5 nitrogen and oxygen atoms in total. The zero-order valence-electron chi connectivity index (χ0n) is 17.8. The smallest absolute Gasteiger partial charge is 0.254 e. The van der Waals surface area contributed by atoms with Crippen LogP contribution in [0.5, 0.6) is 0 Å². The van der Waals surface area contributed by atoms with Crippen molar-refractivity contribution in [1.29, 1.82) is 0 Å². The first kappa shape index (κ1) is 20.1. The van der Waals surface area contributed by atoms with Gasteiger partial charge in [-0.05, 0) is 50.0 Å². The van der Waals surface area contributed by atoms with Gasteiger partial charge in [0.15, 0.2) is 0 Å². The molecule has 0 spiro atoms. The monoisotopic (exact) mass is 394 g/mol. The second-order valence-electron chi connectivity index (χ2n) is 8.91. The highest BCUT2D eigenvalue weighted by Crippen LogP contribution is 2.38. The summed E-state index contributed by atoms with van der Waals surface area (Å²) in [6, 6.07) is 11.4. The van der Waals surface area contributed by atoms with Gasteiger partial charge in [-0.1, -0.05) is 43.2 Å². The van der Waals surface area contributed by atoms with E-state index < -0.39 is 0 Å². The SMILES string of the molecule is Cc1nn(C)cc1C(=O)NC1CCN(CC(c2ccccc2)C2CCCC2)CC1. The molecule has 1 saturated heterocycles. The number of piperidine rings is 1. The van der Waals surface area contributed by atoms with E-state index in [-0.39, 0.29) is 11.9 Å². The summed E-state index contributed by atoms with van der Waals surface area (Å²) in [6.07, 6.45) is 9.37. The summed E-state index contributed by atoms with van der Waals surface area (Å²) in [6.45, 7) is 5.17. The van der Waals surface area contributed by atoms with Crippen molar-refractivity contribution in [2.75, 3.05) is 19.6 Å². The molecule has 1 amide bonds. The van der Waals surface area contributed by atoms with Crippen LogP contribution in [0.3, 0.4) is 0 Å². The number of aromatic nitrogens is 2. The minimum atomic E-state index is 0.0159. The summed E-state index contributed by atoms with van der Waals surface area (Å²) in [5.41, 5.74) is 2.99. The van der Waals surface area contributed by atoms with E-state index >= 15 is 0 Å². The van der Waals surface area contributed by atoms with Gasteiger partial charge < -0.3 is 10.2 Å². The van der Waals surface area contributed by atoms with Crippen molar-refractivity contribution in [2.45, 2.75) is 57.4 Å². The molecule has 1 aromatic heterocycles. The highest BCUT2D eigenvalue weighted by Gasteiger charge is 2.30. The number of nitrogens with zero attached hydrogens (tertiary/aromatic N) is 3. The third kappa shape index (κ3) is 4.89. The Morgan fingerprint density at radius 2 is 1.83 bits per heavy atom. The van der Waals surface area contributed by atoms with E-state index in [1.807, 2.05) is 20.2 Å².